The molecule has 3 rings (SSSR count). The Morgan fingerprint density at radius 3 is 2.63 bits per heavy atom. The highest BCUT2D eigenvalue weighted by Gasteiger charge is 2.60. The van der Waals surface area contributed by atoms with E-state index < -0.39 is 28.0 Å². The number of amidine groups is 1. The number of hydrogen-bond acceptors (Lipinski definition) is 4. The van der Waals surface area contributed by atoms with Gasteiger partial charge in [0.15, 0.2) is 0 Å². The predicted molar refractivity (Wildman–Crippen MR) is 107 cm³/mol. The highest BCUT2D eigenvalue weighted by molar-refractivity contribution is 7.95. The minimum Gasteiger partial charge on any atom is -0.766 e. The quantitative estimate of drug-likeness (QED) is 0.334. The largest absolute Gasteiger partial charge is 0.766 e. The summed E-state index contributed by atoms with van der Waals surface area (Å²) < 4.78 is 28.5. The lowest BCUT2D eigenvalue weighted by molar-refractivity contribution is 0.302. The van der Waals surface area contributed by atoms with Gasteiger partial charge in [-0.05, 0) is 18.2 Å². The lowest BCUT2D eigenvalue weighted by Gasteiger charge is -2.14. The molecule has 1 fully saturated rings. The van der Waals surface area contributed by atoms with Crippen molar-refractivity contribution in [1.29, 1.82) is 0 Å². The molecule has 3 atom stereocenters. The van der Waals surface area contributed by atoms with Gasteiger partial charge in [0.1, 0.15) is 11.7 Å². The van der Waals surface area contributed by atoms with Crippen LogP contribution in [0.15, 0.2) is 52.4 Å². The fourth-order valence-electron chi connectivity index (χ4n) is 2.80. The van der Waals surface area contributed by atoms with Crippen molar-refractivity contribution in [1.82, 2.24) is 0 Å². The summed E-state index contributed by atoms with van der Waals surface area (Å²) in [6.07, 6.45) is 0.382. The van der Waals surface area contributed by atoms with Gasteiger partial charge in [0.25, 0.3) is 0 Å². The molecule has 1 aliphatic heterocycles. The van der Waals surface area contributed by atoms with E-state index in [2.05, 4.69) is 9.98 Å². The lowest BCUT2D eigenvalue weighted by atomic mass is 9.91. The first-order valence-corrected chi connectivity index (χ1v) is 9.85. The molecule has 10 heteroatoms. The number of nitrogens with two attached hydrogens (primary N) is 1. The highest BCUT2D eigenvalue weighted by Crippen LogP contribution is 2.59. The summed E-state index contributed by atoms with van der Waals surface area (Å²) in [7, 11) is 0. The Bertz CT molecular complexity index is 954. The van der Waals surface area contributed by atoms with Gasteiger partial charge in [0.05, 0.1) is 12.9 Å². The van der Waals surface area contributed by atoms with E-state index in [9.17, 15) is 8.76 Å². The molecule has 1 heterocycles. The average Bonchev–Trinajstić information content (AvgIpc) is 3.33. The number of ether oxygens (including phenoxy) is 1. The third kappa shape index (κ3) is 4.18. The second kappa shape index (κ2) is 8.26. The van der Waals surface area contributed by atoms with Gasteiger partial charge in [0, 0.05) is 37.3 Å². The van der Waals surface area contributed by atoms with Gasteiger partial charge in [-0.25, -0.2) is 4.99 Å². The summed E-state index contributed by atoms with van der Waals surface area (Å²) >= 11 is 16.0. The molecule has 27 heavy (non-hydrogen) atoms. The van der Waals surface area contributed by atoms with Crippen LogP contribution in [-0.2, 0) is 21.4 Å². The number of halogens is 3. The molecule has 2 N–H and O–H groups in total. The van der Waals surface area contributed by atoms with E-state index >= 15 is 0 Å². The van der Waals surface area contributed by atoms with E-state index in [1.54, 1.807) is 42.5 Å². The zero-order chi connectivity index (χ0) is 19.6. The molecule has 142 valence electrons. The van der Waals surface area contributed by atoms with Crippen molar-refractivity contribution in [3.63, 3.8) is 0 Å². The minimum absolute atomic E-state index is 0.0407. The second-order valence-electron chi connectivity index (χ2n) is 5.64. The van der Waals surface area contributed by atoms with E-state index in [1.165, 1.54) is 0 Å². The molecule has 2 aromatic carbocycles. The van der Waals surface area contributed by atoms with Crippen molar-refractivity contribution >= 4 is 57.4 Å². The third-order valence-corrected chi connectivity index (χ3v) is 5.48. The molecule has 1 unspecified atom stereocenters. The summed E-state index contributed by atoms with van der Waals surface area (Å²) in [5.74, 6) is 0. The van der Waals surface area contributed by atoms with E-state index in [0.29, 0.717) is 26.2 Å². The van der Waals surface area contributed by atoms with Crippen LogP contribution in [0.3, 0.4) is 0 Å². The first-order valence-electron chi connectivity index (χ1n) is 7.65. The summed E-state index contributed by atoms with van der Waals surface area (Å²) in [5, 5.41) is 0.956. The zero-order valence-electron chi connectivity index (χ0n) is 13.6. The number of rotatable bonds is 4. The fourth-order valence-corrected chi connectivity index (χ4v) is 3.93. The van der Waals surface area contributed by atoms with E-state index in [4.69, 9.17) is 45.3 Å². The van der Waals surface area contributed by atoms with Crippen LogP contribution in [0, 0.1) is 0 Å². The van der Waals surface area contributed by atoms with Crippen molar-refractivity contribution < 1.29 is 13.5 Å². The molecule has 1 aliphatic rings. The van der Waals surface area contributed by atoms with Crippen LogP contribution in [0.2, 0.25) is 15.1 Å². The van der Waals surface area contributed by atoms with E-state index in [1.807, 2.05) is 0 Å². The third-order valence-electron chi connectivity index (χ3n) is 4.05. The molecular formula is C17H13Cl3N3O3S-. The molecule has 0 amide bonds. The second-order valence-corrected chi connectivity index (χ2v) is 7.73. The van der Waals surface area contributed by atoms with E-state index in [0.717, 1.165) is 6.34 Å². The smallest absolute Gasteiger partial charge is 0.201 e. The van der Waals surface area contributed by atoms with Gasteiger partial charge in [0.2, 0.25) is 5.17 Å². The molecule has 0 spiro atoms. The monoisotopic (exact) mass is 444 g/mol. The number of nitrogens with zero attached hydrogens (tertiary/aromatic N) is 2. The molecule has 0 aliphatic carbocycles. The van der Waals surface area contributed by atoms with E-state index in [-0.39, 0.29) is 6.54 Å². The van der Waals surface area contributed by atoms with Crippen LogP contribution >= 0.6 is 34.8 Å². The van der Waals surface area contributed by atoms with Crippen molar-refractivity contribution in [2.24, 2.45) is 15.7 Å². The molecule has 0 saturated carbocycles. The topological polar surface area (TPSA) is 103 Å². The van der Waals surface area contributed by atoms with Crippen LogP contribution < -0.4 is 5.73 Å². The van der Waals surface area contributed by atoms with Crippen LogP contribution in [0.1, 0.15) is 17.2 Å². The van der Waals surface area contributed by atoms with Gasteiger partial charge >= 0.3 is 0 Å². The maximum atomic E-state index is 11.3. The van der Waals surface area contributed by atoms with Crippen molar-refractivity contribution in [3.8, 4) is 0 Å². The Morgan fingerprint density at radius 2 is 2.00 bits per heavy atom. The van der Waals surface area contributed by atoms with Gasteiger partial charge in [-0.2, -0.15) is 0 Å². The highest BCUT2D eigenvalue weighted by atomic mass is 35.5. The van der Waals surface area contributed by atoms with Crippen LogP contribution in [0.4, 0.5) is 0 Å². The van der Waals surface area contributed by atoms with Crippen molar-refractivity contribution in [2.75, 3.05) is 6.54 Å². The van der Waals surface area contributed by atoms with Crippen LogP contribution in [0.5, 0.6) is 0 Å². The Kier molecular flexibility index (Phi) is 6.20. The molecular weight excluding hydrogens is 433 g/mol. The van der Waals surface area contributed by atoms with Gasteiger partial charge in [-0.1, -0.05) is 59.1 Å². The summed E-state index contributed by atoms with van der Waals surface area (Å²) in [6.45, 7) is -0.0407. The first-order chi connectivity index (χ1) is 12.9. The molecule has 2 aromatic rings. The average molecular weight is 446 g/mol. The van der Waals surface area contributed by atoms with Gasteiger partial charge < -0.3 is 15.0 Å². The van der Waals surface area contributed by atoms with Crippen molar-refractivity contribution in [3.05, 3.63) is 68.7 Å². The van der Waals surface area contributed by atoms with Gasteiger partial charge in [-0.3, -0.25) is 9.20 Å². The summed E-state index contributed by atoms with van der Waals surface area (Å²) in [6, 6.07) is 12.2. The Hall–Kier alpha value is -1.48. The molecule has 0 radical (unpaired) electrons. The maximum absolute atomic E-state index is 11.3. The lowest BCUT2D eigenvalue weighted by Crippen LogP contribution is -2.18. The zero-order valence-corrected chi connectivity index (χ0v) is 16.7. The normalized spacial score (nSPS) is 23.6. The Morgan fingerprint density at radius 1 is 1.26 bits per heavy atom. The summed E-state index contributed by atoms with van der Waals surface area (Å²) in [5.41, 5.74) is 5.56. The molecule has 0 bridgehead atoms. The number of aliphatic imine (C=N–C) groups is 2. The fraction of sp³-hybridized carbons (Fsp3) is 0.176. The SMILES string of the molecule is NC=NC(=NC[C@]1(c2ccccc2Cl)O[C@@H]1c1ccc(Cl)cc1Cl)S(=O)[O-]. The van der Waals surface area contributed by atoms with Crippen LogP contribution in [-0.4, -0.2) is 26.8 Å². The minimum atomic E-state index is -2.65. The molecule has 6 nitrogen and oxygen atoms in total. The Labute approximate surface area is 173 Å². The number of hydrogen-bond donors (Lipinski definition) is 1. The number of benzene rings is 2. The molecule has 0 aromatic heterocycles. The van der Waals surface area contributed by atoms with Crippen LogP contribution in [0.25, 0.3) is 0 Å². The maximum Gasteiger partial charge on any atom is 0.201 e. The summed E-state index contributed by atoms with van der Waals surface area (Å²) in [4.78, 5) is 7.62. The molecule has 1 saturated heterocycles. The standard InChI is InChI=1S/C17H14Cl3N3O3S/c18-10-5-6-11(14(20)7-10)15-17(26-15,12-3-1-2-4-13(12)19)8-22-16(23-9-21)27(24)25/h1-7,9,15H,8H2,(H,24,25)(H2,21,22,23)/p-1/t15-,17-/m1/s1. The van der Waals surface area contributed by atoms with Crippen molar-refractivity contribution in [2.45, 2.75) is 11.7 Å². The number of epoxide rings is 1. The Balaban J connectivity index is 2.04. The predicted octanol–water partition coefficient (Wildman–Crippen LogP) is 3.84. The van der Waals surface area contributed by atoms with Gasteiger partial charge in [-0.15, -0.1) is 0 Å². The first kappa shape index (κ1) is 20.3.